The first-order chi connectivity index (χ1) is 18.9. The van der Waals surface area contributed by atoms with Crippen LogP contribution in [-0.2, 0) is 6.42 Å². The second-order valence-electron chi connectivity index (χ2n) is 12.3. The Morgan fingerprint density at radius 2 is 1.59 bits per heavy atom. The van der Waals surface area contributed by atoms with Gasteiger partial charge in [-0.3, -0.25) is 0 Å². The topological polar surface area (TPSA) is 76.6 Å². The normalized spacial score (nSPS) is 23.5. The van der Waals surface area contributed by atoms with Gasteiger partial charge in [0.15, 0.2) is 11.5 Å². The lowest BCUT2D eigenvalue weighted by molar-refractivity contribution is 0.142. The fourth-order valence-electron chi connectivity index (χ4n) is 6.78. The second kappa shape index (κ2) is 11.1. The van der Waals surface area contributed by atoms with Gasteiger partial charge in [0, 0.05) is 12.1 Å². The number of hydrogen-bond acceptors (Lipinski definition) is 6. The molecule has 1 saturated heterocycles. The molecule has 0 atom stereocenters. The molecule has 3 aliphatic rings. The van der Waals surface area contributed by atoms with Crippen molar-refractivity contribution in [3.8, 4) is 5.88 Å². The molecule has 2 fully saturated rings. The van der Waals surface area contributed by atoms with Crippen LogP contribution in [0.15, 0.2) is 65.9 Å². The zero-order chi connectivity index (χ0) is 26.8. The summed E-state index contributed by atoms with van der Waals surface area (Å²) in [6, 6.07) is 20.0. The first-order valence-electron chi connectivity index (χ1n) is 14.7. The van der Waals surface area contributed by atoms with E-state index in [2.05, 4.69) is 69.5 Å². The third-order valence-electron chi connectivity index (χ3n) is 9.06. The molecular weight excluding hydrogens is 482 g/mol. The van der Waals surface area contributed by atoms with Gasteiger partial charge in [-0.05, 0) is 101 Å². The average Bonchev–Trinajstić information content (AvgIpc) is 2.95. The van der Waals surface area contributed by atoms with Gasteiger partial charge in [-0.1, -0.05) is 54.6 Å². The standard InChI is InChI=1S/C33H41N5O/c1-33(2)30(37-29-31(34)35-22-36-32(29)39-33)28-14-12-27(13-15-28)26-10-8-25(9-11-26)21-38-18-16-24(17-19-38)20-23-6-4-3-5-7-23/h3-7,12-15,22,24-26H,8-11,16-21H2,1-2H3,(H2,34,35,36)/t25-,26-. The molecule has 3 heterocycles. The number of aromatic nitrogens is 2. The van der Waals surface area contributed by atoms with Gasteiger partial charge in [-0.2, -0.15) is 4.98 Å². The summed E-state index contributed by atoms with van der Waals surface area (Å²) in [5.74, 6) is 3.13. The molecule has 1 aliphatic carbocycles. The van der Waals surface area contributed by atoms with E-state index < -0.39 is 5.60 Å². The van der Waals surface area contributed by atoms with Gasteiger partial charge in [0.2, 0.25) is 5.88 Å². The molecule has 1 aromatic heterocycles. The number of aliphatic imine (C=N–C) groups is 1. The van der Waals surface area contributed by atoms with Crippen molar-refractivity contribution in [2.24, 2.45) is 16.8 Å². The molecule has 0 unspecified atom stereocenters. The highest BCUT2D eigenvalue weighted by Gasteiger charge is 2.35. The summed E-state index contributed by atoms with van der Waals surface area (Å²) in [5.41, 5.74) is 10.8. The molecular formula is C33H41N5O. The number of nitrogens with zero attached hydrogens (tertiary/aromatic N) is 4. The van der Waals surface area contributed by atoms with Crippen LogP contribution in [0.2, 0.25) is 0 Å². The molecule has 0 amide bonds. The number of rotatable bonds is 6. The Morgan fingerprint density at radius 1 is 0.872 bits per heavy atom. The van der Waals surface area contributed by atoms with E-state index in [1.807, 2.05) is 13.8 Å². The van der Waals surface area contributed by atoms with Crippen molar-refractivity contribution in [3.05, 3.63) is 77.6 Å². The third-order valence-corrected chi connectivity index (χ3v) is 9.06. The monoisotopic (exact) mass is 523 g/mol. The first kappa shape index (κ1) is 26.0. The summed E-state index contributed by atoms with van der Waals surface area (Å²) in [4.78, 5) is 15.9. The largest absolute Gasteiger partial charge is 0.463 e. The van der Waals surface area contributed by atoms with E-state index in [1.54, 1.807) is 0 Å². The molecule has 2 aliphatic heterocycles. The lowest BCUT2D eigenvalue weighted by Gasteiger charge is -2.37. The van der Waals surface area contributed by atoms with E-state index in [4.69, 9.17) is 15.5 Å². The molecule has 0 bridgehead atoms. The van der Waals surface area contributed by atoms with Crippen molar-refractivity contribution in [1.29, 1.82) is 0 Å². The van der Waals surface area contributed by atoms with Crippen LogP contribution in [-0.4, -0.2) is 45.8 Å². The smallest absolute Gasteiger partial charge is 0.246 e. The summed E-state index contributed by atoms with van der Waals surface area (Å²) >= 11 is 0. The van der Waals surface area contributed by atoms with Crippen LogP contribution < -0.4 is 10.5 Å². The Labute approximate surface area is 232 Å². The minimum atomic E-state index is -0.594. The minimum Gasteiger partial charge on any atom is -0.463 e. The van der Waals surface area contributed by atoms with Crippen LogP contribution in [0.4, 0.5) is 11.5 Å². The Bertz CT molecular complexity index is 1290. The minimum absolute atomic E-state index is 0.345. The highest BCUT2D eigenvalue weighted by molar-refractivity contribution is 6.09. The molecule has 6 nitrogen and oxygen atoms in total. The maximum absolute atomic E-state index is 6.15. The molecule has 0 radical (unpaired) electrons. The lowest BCUT2D eigenvalue weighted by atomic mass is 9.78. The van der Waals surface area contributed by atoms with Crippen LogP contribution in [0, 0.1) is 11.8 Å². The Balaban J connectivity index is 1.01. The predicted octanol–water partition coefficient (Wildman–Crippen LogP) is 6.58. The van der Waals surface area contributed by atoms with E-state index in [9.17, 15) is 0 Å². The fraction of sp³-hybridized carbons (Fsp3) is 0.485. The van der Waals surface area contributed by atoms with E-state index in [-0.39, 0.29) is 0 Å². The lowest BCUT2D eigenvalue weighted by Crippen LogP contribution is -2.41. The Morgan fingerprint density at radius 3 is 2.31 bits per heavy atom. The molecule has 0 spiro atoms. The number of fused-ring (bicyclic) bond motifs is 1. The van der Waals surface area contributed by atoms with E-state index in [1.165, 1.54) is 82.0 Å². The van der Waals surface area contributed by atoms with Gasteiger partial charge in [-0.25, -0.2) is 9.98 Å². The zero-order valence-electron chi connectivity index (χ0n) is 23.4. The van der Waals surface area contributed by atoms with Crippen LogP contribution in [0.25, 0.3) is 0 Å². The van der Waals surface area contributed by atoms with E-state index in [0.29, 0.717) is 23.3 Å². The number of hydrogen-bond donors (Lipinski definition) is 1. The molecule has 204 valence electrons. The molecule has 2 N–H and O–H groups in total. The van der Waals surface area contributed by atoms with Gasteiger partial charge in [0.25, 0.3) is 0 Å². The van der Waals surface area contributed by atoms with Crippen LogP contribution >= 0.6 is 0 Å². The summed E-state index contributed by atoms with van der Waals surface area (Å²) in [6.45, 7) is 7.87. The molecule has 1 saturated carbocycles. The number of nitrogen functional groups attached to an aromatic ring is 1. The van der Waals surface area contributed by atoms with Crippen molar-refractivity contribution in [1.82, 2.24) is 14.9 Å². The maximum atomic E-state index is 6.15. The van der Waals surface area contributed by atoms with Gasteiger partial charge in [0.05, 0.1) is 5.71 Å². The summed E-state index contributed by atoms with van der Waals surface area (Å²) in [5, 5.41) is 0. The number of piperidine rings is 1. The van der Waals surface area contributed by atoms with Gasteiger partial charge in [-0.15, -0.1) is 0 Å². The van der Waals surface area contributed by atoms with Crippen LogP contribution in [0.1, 0.15) is 75.0 Å². The SMILES string of the molecule is CC1(C)Oc2ncnc(N)c2N=C1c1ccc([C@H]2CC[C@H](CN3CCC(Cc4ccccc4)CC3)CC2)cc1. The summed E-state index contributed by atoms with van der Waals surface area (Å²) in [6.07, 6.45) is 10.6. The number of anilines is 1. The van der Waals surface area contributed by atoms with Crippen molar-refractivity contribution in [2.45, 2.75) is 70.3 Å². The van der Waals surface area contributed by atoms with E-state index in [0.717, 1.165) is 23.1 Å². The summed E-state index contributed by atoms with van der Waals surface area (Å²) < 4.78 is 6.15. The Hall–Kier alpha value is -3.25. The number of benzene rings is 2. The molecule has 3 aromatic rings. The predicted molar refractivity (Wildman–Crippen MR) is 158 cm³/mol. The Kier molecular flexibility index (Phi) is 7.39. The molecule has 6 rings (SSSR count). The number of nitrogens with two attached hydrogens (primary N) is 1. The van der Waals surface area contributed by atoms with Gasteiger partial charge >= 0.3 is 0 Å². The highest BCUT2D eigenvalue weighted by atomic mass is 16.5. The van der Waals surface area contributed by atoms with Crippen molar-refractivity contribution in [2.75, 3.05) is 25.4 Å². The number of likely N-dealkylation sites (tertiary alicyclic amines) is 1. The van der Waals surface area contributed by atoms with Crippen LogP contribution in [0.3, 0.4) is 0 Å². The zero-order valence-corrected chi connectivity index (χ0v) is 23.4. The number of ether oxygens (including phenoxy) is 1. The average molecular weight is 524 g/mol. The van der Waals surface area contributed by atoms with Crippen molar-refractivity contribution >= 4 is 17.2 Å². The molecule has 39 heavy (non-hydrogen) atoms. The fourth-order valence-corrected chi connectivity index (χ4v) is 6.78. The second-order valence-corrected chi connectivity index (χ2v) is 12.3. The quantitative estimate of drug-likeness (QED) is 0.395. The molecule has 6 heteroatoms. The third kappa shape index (κ3) is 5.86. The molecule has 2 aromatic carbocycles. The maximum Gasteiger partial charge on any atom is 0.246 e. The summed E-state index contributed by atoms with van der Waals surface area (Å²) in [7, 11) is 0. The highest BCUT2D eigenvalue weighted by Crippen LogP contribution is 2.40. The van der Waals surface area contributed by atoms with Crippen molar-refractivity contribution < 1.29 is 4.74 Å². The van der Waals surface area contributed by atoms with Gasteiger partial charge in [0.1, 0.15) is 11.9 Å². The van der Waals surface area contributed by atoms with E-state index >= 15 is 0 Å². The van der Waals surface area contributed by atoms with Gasteiger partial charge < -0.3 is 15.4 Å². The first-order valence-corrected chi connectivity index (χ1v) is 14.7. The van der Waals surface area contributed by atoms with Crippen molar-refractivity contribution in [3.63, 3.8) is 0 Å². The van der Waals surface area contributed by atoms with Crippen LogP contribution in [0.5, 0.6) is 5.88 Å².